The molecule has 0 unspecified atom stereocenters. The molecule has 20 heavy (non-hydrogen) atoms. The predicted octanol–water partition coefficient (Wildman–Crippen LogP) is 2.70. The molecule has 0 atom stereocenters. The third-order valence-electron chi connectivity index (χ3n) is 3.10. The Balaban J connectivity index is 2.81. The average Bonchev–Trinajstić information content (AvgIpc) is 2.38. The van der Waals surface area contributed by atoms with Crippen LogP contribution in [0.3, 0.4) is 0 Å². The highest BCUT2D eigenvalue weighted by molar-refractivity contribution is 5.57. The van der Waals surface area contributed by atoms with Gasteiger partial charge in [-0.25, -0.2) is 9.97 Å². The van der Waals surface area contributed by atoms with Gasteiger partial charge in [0.2, 0.25) is 0 Å². The summed E-state index contributed by atoms with van der Waals surface area (Å²) < 4.78 is 0. The maximum Gasteiger partial charge on any atom is 0.135 e. The Labute approximate surface area is 123 Å². The number of aromatic nitrogens is 2. The molecule has 0 spiro atoms. The molecular weight excluding hydrogens is 250 g/mol. The van der Waals surface area contributed by atoms with Gasteiger partial charge in [-0.15, -0.1) is 0 Å². The van der Waals surface area contributed by atoms with Gasteiger partial charge in [0.25, 0.3) is 0 Å². The molecule has 1 aromatic heterocycles. The molecule has 0 aromatic carbocycles. The fourth-order valence-corrected chi connectivity index (χ4v) is 1.91. The minimum atomic E-state index is 0.329. The molecular formula is C15H29N5. The van der Waals surface area contributed by atoms with Crippen molar-refractivity contribution in [2.75, 3.05) is 44.4 Å². The van der Waals surface area contributed by atoms with Crippen molar-refractivity contribution in [1.82, 2.24) is 14.9 Å². The molecule has 0 aliphatic heterocycles. The van der Waals surface area contributed by atoms with E-state index >= 15 is 0 Å². The molecule has 1 heterocycles. The molecule has 5 heteroatoms. The van der Waals surface area contributed by atoms with Crippen LogP contribution in [0.4, 0.5) is 11.6 Å². The lowest BCUT2D eigenvalue weighted by Crippen LogP contribution is -2.18. The largest absolute Gasteiger partial charge is 0.370 e. The Morgan fingerprint density at radius 3 is 2.20 bits per heavy atom. The average molecular weight is 279 g/mol. The molecule has 2 N–H and O–H groups in total. The van der Waals surface area contributed by atoms with Crippen LogP contribution in [0.25, 0.3) is 0 Å². The number of hydrogen-bond donors (Lipinski definition) is 2. The van der Waals surface area contributed by atoms with Crippen molar-refractivity contribution < 1.29 is 0 Å². The predicted molar refractivity (Wildman–Crippen MR) is 86.7 cm³/mol. The van der Waals surface area contributed by atoms with E-state index in [1.54, 1.807) is 0 Å². The second-order valence-corrected chi connectivity index (χ2v) is 5.67. The standard InChI is InChI=1S/C15H29N5/c1-7-16-14-12(4)15(17-9-8-10-20(5)6)19-13(18-14)11(2)3/h11H,7-10H2,1-6H3,(H2,16,17,18,19). The Kier molecular flexibility index (Phi) is 6.71. The first-order chi connectivity index (χ1) is 9.45. The molecule has 0 fully saturated rings. The second-order valence-electron chi connectivity index (χ2n) is 5.67. The van der Waals surface area contributed by atoms with Crippen molar-refractivity contribution >= 4 is 11.6 Å². The Bertz CT molecular complexity index is 415. The van der Waals surface area contributed by atoms with Gasteiger partial charge in [-0.05, 0) is 40.9 Å². The van der Waals surface area contributed by atoms with Crippen molar-refractivity contribution in [3.63, 3.8) is 0 Å². The van der Waals surface area contributed by atoms with Crippen LogP contribution in [-0.2, 0) is 0 Å². The van der Waals surface area contributed by atoms with Crippen LogP contribution >= 0.6 is 0 Å². The second kappa shape index (κ2) is 8.04. The normalized spacial score (nSPS) is 11.2. The van der Waals surface area contributed by atoms with E-state index in [1.165, 1.54) is 0 Å². The van der Waals surface area contributed by atoms with E-state index in [0.717, 1.165) is 49.1 Å². The number of hydrogen-bond acceptors (Lipinski definition) is 5. The van der Waals surface area contributed by atoms with Gasteiger partial charge in [0.1, 0.15) is 17.5 Å². The summed E-state index contributed by atoms with van der Waals surface area (Å²) >= 11 is 0. The maximum absolute atomic E-state index is 4.66. The first-order valence-electron chi connectivity index (χ1n) is 7.46. The third kappa shape index (κ3) is 4.96. The summed E-state index contributed by atoms with van der Waals surface area (Å²) in [6, 6.07) is 0. The highest BCUT2D eigenvalue weighted by Gasteiger charge is 2.12. The van der Waals surface area contributed by atoms with Gasteiger partial charge in [0, 0.05) is 24.6 Å². The quantitative estimate of drug-likeness (QED) is 0.717. The zero-order valence-electron chi connectivity index (χ0n) is 13.7. The Morgan fingerprint density at radius 1 is 1.10 bits per heavy atom. The van der Waals surface area contributed by atoms with Crippen LogP contribution in [0, 0.1) is 6.92 Å². The third-order valence-corrected chi connectivity index (χ3v) is 3.10. The summed E-state index contributed by atoms with van der Waals surface area (Å²) in [7, 11) is 4.19. The summed E-state index contributed by atoms with van der Waals surface area (Å²) in [6.07, 6.45) is 1.10. The Hall–Kier alpha value is -1.36. The zero-order chi connectivity index (χ0) is 15.1. The smallest absolute Gasteiger partial charge is 0.135 e. The summed E-state index contributed by atoms with van der Waals surface area (Å²) in [4.78, 5) is 11.5. The van der Waals surface area contributed by atoms with Crippen LogP contribution < -0.4 is 10.6 Å². The van der Waals surface area contributed by atoms with E-state index in [-0.39, 0.29) is 0 Å². The highest BCUT2D eigenvalue weighted by Crippen LogP contribution is 2.22. The van der Waals surface area contributed by atoms with Crippen LogP contribution in [-0.4, -0.2) is 48.6 Å². The van der Waals surface area contributed by atoms with Gasteiger partial charge in [0.15, 0.2) is 0 Å². The van der Waals surface area contributed by atoms with E-state index in [2.05, 4.69) is 67.3 Å². The summed E-state index contributed by atoms with van der Waals surface area (Å²) in [5.41, 5.74) is 1.10. The lowest BCUT2D eigenvalue weighted by atomic mass is 10.2. The van der Waals surface area contributed by atoms with Crippen LogP contribution in [0.15, 0.2) is 0 Å². The number of nitrogens with zero attached hydrogens (tertiary/aromatic N) is 3. The van der Waals surface area contributed by atoms with Crippen molar-refractivity contribution in [2.45, 2.75) is 40.0 Å². The molecule has 1 aromatic rings. The van der Waals surface area contributed by atoms with Gasteiger partial charge in [-0.1, -0.05) is 13.8 Å². The molecule has 0 amide bonds. The molecule has 114 valence electrons. The molecule has 0 saturated carbocycles. The topological polar surface area (TPSA) is 53.1 Å². The highest BCUT2D eigenvalue weighted by atomic mass is 15.1. The maximum atomic E-state index is 4.66. The molecule has 0 saturated heterocycles. The first kappa shape index (κ1) is 16.7. The molecule has 0 bridgehead atoms. The summed E-state index contributed by atoms with van der Waals surface area (Å²) in [5, 5.41) is 6.77. The van der Waals surface area contributed by atoms with E-state index in [1.807, 2.05) is 0 Å². The minimum Gasteiger partial charge on any atom is -0.370 e. The van der Waals surface area contributed by atoms with Gasteiger partial charge in [0.05, 0.1) is 0 Å². The number of rotatable bonds is 8. The van der Waals surface area contributed by atoms with Crippen molar-refractivity contribution in [3.05, 3.63) is 11.4 Å². The van der Waals surface area contributed by atoms with Crippen LogP contribution in [0.2, 0.25) is 0 Å². The van der Waals surface area contributed by atoms with Gasteiger partial charge >= 0.3 is 0 Å². The molecule has 0 radical (unpaired) electrons. The van der Waals surface area contributed by atoms with Crippen LogP contribution in [0.5, 0.6) is 0 Å². The molecule has 1 rings (SSSR count). The zero-order valence-corrected chi connectivity index (χ0v) is 13.7. The fourth-order valence-electron chi connectivity index (χ4n) is 1.91. The van der Waals surface area contributed by atoms with E-state index in [9.17, 15) is 0 Å². The minimum absolute atomic E-state index is 0.329. The molecule has 5 nitrogen and oxygen atoms in total. The summed E-state index contributed by atoms with van der Waals surface area (Å²) in [5.74, 6) is 3.12. The Morgan fingerprint density at radius 2 is 1.70 bits per heavy atom. The van der Waals surface area contributed by atoms with E-state index in [4.69, 9.17) is 0 Å². The lowest BCUT2D eigenvalue weighted by Gasteiger charge is -2.16. The molecule has 0 aliphatic rings. The van der Waals surface area contributed by atoms with Gasteiger partial charge in [-0.2, -0.15) is 0 Å². The number of anilines is 2. The first-order valence-corrected chi connectivity index (χ1v) is 7.46. The van der Waals surface area contributed by atoms with Crippen molar-refractivity contribution in [3.8, 4) is 0 Å². The van der Waals surface area contributed by atoms with Crippen LogP contribution in [0.1, 0.15) is 44.5 Å². The van der Waals surface area contributed by atoms with E-state index in [0.29, 0.717) is 5.92 Å². The molecule has 0 aliphatic carbocycles. The summed E-state index contributed by atoms with van der Waals surface area (Å²) in [6.45, 7) is 11.3. The number of nitrogens with one attached hydrogen (secondary N) is 2. The van der Waals surface area contributed by atoms with Gasteiger partial charge in [-0.3, -0.25) is 0 Å². The monoisotopic (exact) mass is 279 g/mol. The lowest BCUT2D eigenvalue weighted by molar-refractivity contribution is 0.405. The van der Waals surface area contributed by atoms with Crippen molar-refractivity contribution in [2.24, 2.45) is 0 Å². The van der Waals surface area contributed by atoms with E-state index < -0.39 is 0 Å². The fraction of sp³-hybridized carbons (Fsp3) is 0.733. The van der Waals surface area contributed by atoms with Crippen molar-refractivity contribution in [1.29, 1.82) is 0 Å². The SMILES string of the molecule is CCNc1nc(C(C)C)nc(NCCCN(C)C)c1C. The van der Waals surface area contributed by atoms with Gasteiger partial charge < -0.3 is 15.5 Å².